The number of benzene rings is 2. The fourth-order valence-electron chi connectivity index (χ4n) is 3.16. The molecule has 5 N–H and O–H groups in total. The molecule has 1 aliphatic rings. The maximum atomic E-state index is 13.5. The molecule has 2 heterocycles. The van der Waals surface area contributed by atoms with E-state index in [0.717, 1.165) is 11.3 Å². The number of hydrogen-bond acceptors (Lipinski definition) is 11. The van der Waals surface area contributed by atoms with Crippen molar-refractivity contribution < 1.29 is 23.3 Å². The van der Waals surface area contributed by atoms with Gasteiger partial charge in [-0.3, -0.25) is 0 Å². The van der Waals surface area contributed by atoms with E-state index in [9.17, 15) is 4.39 Å². The predicted molar refractivity (Wildman–Crippen MR) is 129 cm³/mol. The summed E-state index contributed by atoms with van der Waals surface area (Å²) >= 11 is 0. The molecule has 0 fully saturated rings. The van der Waals surface area contributed by atoms with E-state index in [0.29, 0.717) is 75.4 Å². The summed E-state index contributed by atoms with van der Waals surface area (Å²) < 4.78 is 35.1. The van der Waals surface area contributed by atoms with E-state index in [2.05, 4.69) is 30.9 Å². The summed E-state index contributed by atoms with van der Waals surface area (Å²) in [4.78, 5) is 13.3. The smallest absolute Gasteiger partial charge is 0.233 e. The Bertz CT molecular complexity index is 1110. The van der Waals surface area contributed by atoms with E-state index in [1.165, 1.54) is 12.1 Å². The highest BCUT2D eigenvalue weighted by molar-refractivity contribution is 5.61. The van der Waals surface area contributed by atoms with Crippen molar-refractivity contribution >= 4 is 23.5 Å². The molecule has 3 aromatic rings. The summed E-state index contributed by atoms with van der Waals surface area (Å²) in [5.74, 6) is 2.01. The molecule has 4 rings (SSSR count). The van der Waals surface area contributed by atoms with Crippen LogP contribution in [0.4, 0.5) is 27.9 Å². The molecule has 0 amide bonds. The highest BCUT2D eigenvalue weighted by Crippen LogP contribution is 2.34. The fourth-order valence-corrected chi connectivity index (χ4v) is 3.16. The molecule has 0 atom stereocenters. The number of nitrogens with zero attached hydrogens (tertiary/aromatic N) is 3. The Morgan fingerprint density at radius 2 is 1.63 bits per heavy atom. The average molecular weight is 486 g/mol. The number of nitrogens with one attached hydrogen (secondary N) is 3. The minimum absolute atomic E-state index is 0.188. The molecule has 11 nitrogen and oxygen atoms in total. The van der Waals surface area contributed by atoms with Crippen molar-refractivity contribution in [2.45, 2.75) is 6.54 Å². The van der Waals surface area contributed by atoms with Crippen LogP contribution in [0.1, 0.15) is 5.56 Å². The van der Waals surface area contributed by atoms with Crippen LogP contribution in [0.15, 0.2) is 42.5 Å². The second kappa shape index (κ2) is 12.6. The molecule has 35 heavy (non-hydrogen) atoms. The van der Waals surface area contributed by atoms with Crippen molar-refractivity contribution in [2.24, 2.45) is 5.73 Å². The molecule has 2 aromatic carbocycles. The number of aromatic nitrogens is 3. The summed E-state index contributed by atoms with van der Waals surface area (Å²) in [7, 11) is 0. The van der Waals surface area contributed by atoms with Gasteiger partial charge in [-0.25, -0.2) is 4.39 Å². The molecule has 0 aliphatic carbocycles. The maximum Gasteiger partial charge on any atom is 0.233 e. The maximum absolute atomic E-state index is 13.5. The Balaban J connectivity index is 1.39. The third-order valence-corrected chi connectivity index (χ3v) is 4.77. The third kappa shape index (κ3) is 7.64. The summed E-state index contributed by atoms with van der Waals surface area (Å²) in [6.45, 7) is 3.40. The van der Waals surface area contributed by atoms with Crippen LogP contribution in [-0.4, -0.2) is 61.3 Å². The van der Waals surface area contributed by atoms with Crippen molar-refractivity contribution in [3.8, 4) is 11.5 Å². The lowest BCUT2D eigenvalue weighted by molar-refractivity contribution is 0.0547. The zero-order valence-electron chi connectivity index (χ0n) is 19.1. The minimum Gasteiger partial charge on any atom is -0.454 e. The Hall–Kier alpha value is -3.74. The molecular formula is C23H28FN7O4. The van der Waals surface area contributed by atoms with Crippen LogP contribution >= 0.6 is 0 Å². The molecular weight excluding hydrogens is 457 g/mol. The Kier molecular flexibility index (Phi) is 8.81. The second-order valence-corrected chi connectivity index (χ2v) is 7.42. The first kappa shape index (κ1) is 24.4. The summed E-state index contributed by atoms with van der Waals surface area (Å²) in [5.41, 5.74) is 6.86. The second-order valence-electron chi connectivity index (χ2n) is 7.42. The molecule has 1 aromatic heterocycles. The lowest BCUT2D eigenvalue weighted by Crippen LogP contribution is -2.17. The number of halogens is 1. The molecule has 0 saturated heterocycles. The zero-order valence-corrected chi connectivity index (χ0v) is 19.1. The van der Waals surface area contributed by atoms with E-state index in [4.69, 9.17) is 24.7 Å². The minimum atomic E-state index is -0.305. The highest BCUT2D eigenvalue weighted by atomic mass is 19.1. The number of ether oxygens (including phenoxy) is 4. The number of anilines is 4. The van der Waals surface area contributed by atoms with Crippen LogP contribution in [0.2, 0.25) is 0 Å². The van der Waals surface area contributed by atoms with E-state index in [1.807, 2.05) is 18.2 Å². The van der Waals surface area contributed by atoms with Gasteiger partial charge in [-0.15, -0.1) is 0 Å². The topological polar surface area (TPSA) is 138 Å². The van der Waals surface area contributed by atoms with Crippen molar-refractivity contribution in [1.82, 2.24) is 15.0 Å². The van der Waals surface area contributed by atoms with Gasteiger partial charge in [0.05, 0.1) is 26.4 Å². The first-order valence-corrected chi connectivity index (χ1v) is 11.2. The van der Waals surface area contributed by atoms with Crippen LogP contribution in [0.3, 0.4) is 0 Å². The van der Waals surface area contributed by atoms with Crippen molar-refractivity contribution in [3.05, 3.63) is 53.8 Å². The Labute approximate surface area is 202 Å². The molecule has 0 saturated carbocycles. The quantitative estimate of drug-likeness (QED) is 0.251. The molecule has 186 valence electrons. The van der Waals surface area contributed by atoms with Crippen LogP contribution in [0, 0.1) is 5.82 Å². The van der Waals surface area contributed by atoms with Gasteiger partial charge < -0.3 is 40.6 Å². The van der Waals surface area contributed by atoms with Crippen LogP contribution < -0.4 is 31.2 Å². The fraction of sp³-hybridized carbons (Fsp3) is 0.348. The molecule has 0 radical (unpaired) electrons. The molecule has 12 heteroatoms. The normalized spacial score (nSPS) is 11.9. The number of nitrogens with two attached hydrogens (primary N) is 1. The van der Waals surface area contributed by atoms with Gasteiger partial charge in [0.1, 0.15) is 5.82 Å². The van der Waals surface area contributed by atoms with Crippen LogP contribution in [-0.2, 0) is 16.0 Å². The Morgan fingerprint density at radius 1 is 0.857 bits per heavy atom. The lowest BCUT2D eigenvalue weighted by atomic mass is 10.2. The first-order chi connectivity index (χ1) is 17.2. The third-order valence-electron chi connectivity index (χ3n) is 4.77. The molecule has 0 spiro atoms. The van der Waals surface area contributed by atoms with E-state index in [-0.39, 0.29) is 12.6 Å². The van der Waals surface area contributed by atoms with Gasteiger partial charge in [0.15, 0.2) is 11.5 Å². The number of hydrogen-bond donors (Lipinski definition) is 4. The van der Waals surface area contributed by atoms with Crippen LogP contribution in [0.25, 0.3) is 0 Å². The van der Waals surface area contributed by atoms with Gasteiger partial charge in [0, 0.05) is 31.4 Å². The summed E-state index contributed by atoms with van der Waals surface area (Å²) in [6, 6.07) is 11.8. The standard InChI is InChI=1S/C23H28FN7O4/c24-17-3-1-2-16(12-17)14-27-22-29-21(26-7-9-33-11-10-32-8-6-25)30-23(31-22)28-18-4-5-19-20(13-18)35-15-34-19/h1-5,12-13H,6-11,14-15,25H2,(H3,26,27,28,29,30,31). The summed E-state index contributed by atoms with van der Waals surface area (Å²) in [5, 5.41) is 9.40. The van der Waals surface area contributed by atoms with E-state index >= 15 is 0 Å². The summed E-state index contributed by atoms with van der Waals surface area (Å²) in [6.07, 6.45) is 0. The largest absolute Gasteiger partial charge is 0.454 e. The van der Waals surface area contributed by atoms with Crippen molar-refractivity contribution in [3.63, 3.8) is 0 Å². The molecule has 1 aliphatic heterocycles. The van der Waals surface area contributed by atoms with Crippen LogP contribution in [0.5, 0.6) is 11.5 Å². The first-order valence-electron chi connectivity index (χ1n) is 11.2. The molecule has 0 unspecified atom stereocenters. The van der Waals surface area contributed by atoms with Crippen molar-refractivity contribution in [1.29, 1.82) is 0 Å². The highest BCUT2D eigenvalue weighted by Gasteiger charge is 2.14. The van der Waals surface area contributed by atoms with Gasteiger partial charge in [-0.1, -0.05) is 12.1 Å². The van der Waals surface area contributed by atoms with E-state index in [1.54, 1.807) is 12.1 Å². The predicted octanol–water partition coefficient (Wildman–Crippen LogP) is 2.50. The van der Waals surface area contributed by atoms with Gasteiger partial charge in [-0.2, -0.15) is 15.0 Å². The number of fused-ring (bicyclic) bond motifs is 1. The lowest BCUT2D eigenvalue weighted by Gasteiger charge is -2.12. The van der Waals surface area contributed by atoms with Gasteiger partial charge in [0.2, 0.25) is 24.6 Å². The number of rotatable bonds is 14. The zero-order chi connectivity index (χ0) is 24.3. The van der Waals surface area contributed by atoms with Gasteiger partial charge in [0.25, 0.3) is 0 Å². The SMILES string of the molecule is NCCOCCOCCNc1nc(NCc2cccc(F)c2)nc(Nc2ccc3c(c2)OCO3)n1. The molecule has 0 bridgehead atoms. The van der Waals surface area contributed by atoms with Gasteiger partial charge in [-0.05, 0) is 29.8 Å². The van der Waals surface area contributed by atoms with Crippen molar-refractivity contribution in [2.75, 3.05) is 62.3 Å². The Morgan fingerprint density at radius 3 is 2.46 bits per heavy atom. The van der Waals surface area contributed by atoms with Gasteiger partial charge >= 0.3 is 0 Å². The van der Waals surface area contributed by atoms with E-state index < -0.39 is 0 Å². The monoisotopic (exact) mass is 485 g/mol. The average Bonchev–Trinajstić information content (AvgIpc) is 3.32.